The van der Waals surface area contributed by atoms with Gasteiger partial charge in [0.15, 0.2) is 0 Å². The average Bonchev–Trinajstić information content (AvgIpc) is 2.99. The van der Waals surface area contributed by atoms with Crippen LogP contribution in [0.4, 0.5) is 29.5 Å². The van der Waals surface area contributed by atoms with Crippen molar-refractivity contribution in [1.29, 1.82) is 0 Å². The van der Waals surface area contributed by atoms with Gasteiger partial charge >= 0.3 is 12.2 Å². The number of benzene rings is 1. The molecule has 10 heteroatoms. The van der Waals surface area contributed by atoms with Crippen molar-refractivity contribution in [3.8, 4) is 0 Å². The van der Waals surface area contributed by atoms with E-state index in [0.717, 1.165) is 17.8 Å². The lowest BCUT2D eigenvalue weighted by Gasteiger charge is -2.26. The second-order valence-corrected chi connectivity index (χ2v) is 8.57. The van der Waals surface area contributed by atoms with Crippen LogP contribution in [0.3, 0.4) is 0 Å². The molecule has 0 saturated heterocycles. The van der Waals surface area contributed by atoms with Crippen LogP contribution in [0.15, 0.2) is 30.3 Å². The molecule has 170 valence electrons. The van der Waals surface area contributed by atoms with Crippen LogP contribution in [0.25, 0.3) is 0 Å². The van der Waals surface area contributed by atoms with Gasteiger partial charge < -0.3 is 15.5 Å². The summed E-state index contributed by atoms with van der Waals surface area (Å²) < 4.78 is 40.2. The van der Waals surface area contributed by atoms with Crippen LogP contribution in [-0.4, -0.2) is 39.2 Å². The fourth-order valence-electron chi connectivity index (χ4n) is 2.75. The zero-order valence-corrected chi connectivity index (χ0v) is 18.5. The van der Waals surface area contributed by atoms with E-state index in [1.807, 2.05) is 20.8 Å². The minimum Gasteiger partial charge on any atom is -0.313 e. The van der Waals surface area contributed by atoms with Gasteiger partial charge in [0.25, 0.3) is 0 Å². The molecule has 0 unspecified atom stereocenters. The number of aryl methyl sites for hydroxylation is 1. The fraction of sp³-hybridized carbons (Fsp3) is 0.476. The maximum absolute atomic E-state index is 12.9. The van der Waals surface area contributed by atoms with Crippen molar-refractivity contribution in [2.45, 2.75) is 52.3 Å². The van der Waals surface area contributed by atoms with Gasteiger partial charge in [-0.05, 0) is 32.0 Å². The second-order valence-electron chi connectivity index (χ2n) is 8.57. The van der Waals surface area contributed by atoms with Gasteiger partial charge in [0.2, 0.25) is 5.91 Å². The molecule has 1 heterocycles. The van der Waals surface area contributed by atoms with E-state index >= 15 is 0 Å². The summed E-state index contributed by atoms with van der Waals surface area (Å²) in [4.78, 5) is 26.4. The van der Waals surface area contributed by atoms with Crippen molar-refractivity contribution in [2.75, 3.05) is 17.2 Å². The van der Waals surface area contributed by atoms with Crippen LogP contribution in [-0.2, 0) is 23.4 Å². The predicted molar refractivity (Wildman–Crippen MR) is 113 cm³/mol. The minimum atomic E-state index is -4.52. The first kappa shape index (κ1) is 24.2. The first-order valence-corrected chi connectivity index (χ1v) is 9.77. The third kappa shape index (κ3) is 6.47. The summed E-state index contributed by atoms with van der Waals surface area (Å²) in [6.07, 6.45) is -4.52. The van der Waals surface area contributed by atoms with E-state index in [2.05, 4.69) is 15.7 Å². The number of halogens is 3. The lowest BCUT2D eigenvalue weighted by atomic mass is 9.92. The van der Waals surface area contributed by atoms with E-state index < -0.39 is 23.7 Å². The summed E-state index contributed by atoms with van der Waals surface area (Å²) in [5.41, 5.74) is -0.277. The summed E-state index contributed by atoms with van der Waals surface area (Å²) in [5, 5.41) is 9.54. The van der Waals surface area contributed by atoms with E-state index in [1.165, 1.54) is 17.0 Å². The molecule has 0 aliphatic carbocycles. The Labute approximate surface area is 179 Å². The van der Waals surface area contributed by atoms with Crippen molar-refractivity contribution >= 4 is 23.4 Å². The Morgan fingerprint density at radius 2 is 1.77 bits per heavy atom. The molecule has 0 spiro atoms. The Balaban J connectivity index is 2.10. The summed E-state index contributed by atoms with van der Waals surface area (Å²) in [6.45, 7) is 9.14. The van der Waals surface area contributed by atoms with Gasteiger partial charge in [-0.3, -0.25) is 9.48 Å². The van der Waals surface area contributed by atoms with Crippen molar-refractivity contribution in [1.82, 2.24) is 14.7 Å². The first-order valence-electron chi connectivity index (χ1n) is 9.77. The Hall–Kier alpha value is -3.04. The lowest BCUT2D eigenvalue weighted by Crippen LogP contribution is -2.44. The van der Waals surface area contributed by atoms with Gasteiger partial charge in [0, 0.05) is 30.3 Å². The maximum Gasteiger partial charge on any atom is 0.416 e. The van der Waals surface area contributed by atoms with Gasteiger partial charge in [0.05, 0.1) is 11.3 Å². The van der Waals surface area contributed by atoms with E-state index in [0.29, 0.717) is 5.82 Å². The third-order valence-corrected chi connectivity index (χ3v) is 4.56. The van der Waals surface area contributed by atoms with Crippen molar-refractivity contribution in [3.63, 3.8) is 0 Å². The molecule has 0 bridgehead atoms. The molecule has 2 N–H and O–H groups in total. The standard InChI is InChI=1S/C21H28F3N5O2/c1-13(2)29(19(31)25-15-9-7-8-14(10-15)21(22,23)24)12-18(30)26-17-11-16(20(3,4)5)27-28(17)6/h7-11,13H,12H2,1-6H3,(H,25,31)(H,26,30). The molecule has 7 nitrogen and oxygen atoms in total. The summed E-state index contributed by atoms with van der Waals surface area (Å²) in [6, 6.07) is 5.05. The molecule has 31 heavy (non-hydrogen) atoms. The second kappa shape index (κ2) is 8.99. The van der Waals surface area contributed by atoms with Crippen LogP contribution >= 0.6 is 0 Å². The Morgan fingerprint density at radius 1 is 1.13 bits per heavy atom. The number of nitrogens with zero attached hydrogens (tertiary/aromatic N) is 3. The molecular weight excluding hydrogens is 411 g/mol. The SMILES string of the molecule is CC(C)N(CC(=O)Nc1cc(C(C)(C)C)nn1C)C(=O)Nc1cccc(C(F)(F)F)c1. The predicted octanol–water partition coefficient (Wildman–Crippen LogP) is 4.62. The van der Waals surface area contributed by atoms with E-state index in [9.17, 15) is 22.8 Å². The Morgan fingerprint density at radius 3 is 2.29 bits per heavy atom. The summed E-state index contributed by atoms with van der Waals surface area (Å²) >= 11 is 0. The number of carbonyl (C=O) groups excluding carboxylic acids is 2. The Bertz CT molecular complexity index is 945. The molecule has 0 saturated carbocycles. The normalized spacial score (nSPS) is 12.1. The number of hydrogen-bond acceptors (Lipinski definition) is 3. The van der Waals surface area contributed by atoms with Crippen LogP contribution in [0, 0.1) is 0 Å². The highest BCUT2D eigenvalue weighted by Gasteiger charge is 2.31. The smallest absolute Gasteiger partial charge is 0.313 e. The molecule has 0 aliphatic rings. The fourth-order valence-corrected chi connectivity index (χ4v) is 2.75. The summed E-state index contributed by atoms with van der Waals surface area (Å²) in [7, 11) is 1.70. The molecule has 0 atom stereocenters. The van der Waals surface area contributed by atoms with Gasteiger partial charge in [-0.2, -0.15) is 18.3 Å². The number of aromatic nitrogens is 2. The molecular formula is C21H28F3N5O2. The van der Waals surface area contributed by atoms with Gasteiger partial charge in [-0.15, -0.1) is 0 Å². The number of carbonyl (C=O) groups is 2. The van der Waals surface area contributed by atoms with Gasteiger partial charge in [0.1, 0.15) is 12.4 Å². The number of amides is 3. The Kier molecular flexibility index (Phi) is 7.03. The molecule has 0 fully saturated rings. The third-order valence-electron chi connectivity index (χ3n) is 4.56. The zero-order valence-electron chi connectivity index (χ0n) is 18.5. The topological polar surface area (TPSA) is 79.3 Å². The van der Waals surface area contributed by atoms with Crippen LogP contribution < -0.4 is 10.6 Å². The highest BCUT2D eigenvalue weighted by atomic mass is 19.4. The highest BCUT2D eigenvalue weighted by Crippen LogP contribution is 2.30. The van der Waals surface area contributed by atoms with Crippen LogP contribution in [0.1, 0.15) is 45.9 Å². The van der Waals surface area contributed by atoms with E-state index in [4.69, 9.17) is 0 Å². The molecule has 0 radical (unpaired) electrons. The number of hydrogen-bond donors (Lipinski definition) is 2. The molecule has 2 rings (SSSR count). The van der Waals surface area contributed by atoms with Crippen LogP contribution in [0.2, 0.25) is 0 Å². The number of alkyl halides is 3. The monoisotopic (exact) mass is 439 g/mol. The highest BCUT2D eigenvalue weighted by molar-refractivity contribution is 5.96. The molecule has 1 aromatic carbocycles. The van der Waals surface area contributed by atoms with E-state index in [1.54, 1.807) is 31.6 Å². The minimum absolute atomic E-state index is 0.00710. The maximum atomic E-state index is 12.9. The number of nitrogens with one attached hydrogen (secondary N) is 2. The number of rotatable bonds is 5. The van der Waals surface area contributed by atoms with E-state index in [-0.39, 0.29) is 23.7 Å². The molecule has 2 aromatic rings. The van der Waals surface area contributed by atoms with Crippen LogP contribution in [0.5, 0.6) is 0 Å². The van der Waals surface area contributed by atoms with Gasteiger partial charge in [-0.1, -0.05) is 26.8 Å². The molecule has 3 amide bonds. The lowest BCUT2D eigenvalue weighted by molar-refractivity contribution is -0.137. The average molecular weight is 439 g/mol. The van der Waals surface area contributed by atoms with Crippen molar-refractivity contribution < 1.29 is 22.8 Å². The largest absolute Gasteiger partial charge is 0.416 e. The number of anilines is 2. The van der Waals surface area contributed by atoms with Crippen molar-refractivity contribution in [3.05, 3.63) is 41.6 Å². The molecule has 1 aromatic heterocycles. The molecule has 0 aliphatic heterocycles. The number of urea groups is 1. The van der Waals surface area contributed by atoms with Gasteiger partial charge in [-0.25, -0.2) is 4.79 Å². The summed E-state index contributed by atoms with van der Waals surface area (Å²) in [5.74, 6) is 0.0354. The first-order chi connectivity index (χ1) is 14.2. The van der Waals surface area contributed by atoms with Crippen molar-refractivity contribution in [2.24, 2.45) is 7.05 Å². The zero-order chi connectivity index (χ0) is 23.6. The quantitative estimate of drug-likeness (QED) is 0.714.